The molecule has 0 aliphatic rings. The van der Waals surface area contributed by atoms with Crippen LogP contribution in [0.15, 0.2) is 83.7 Å². The highest BCUT2D eigenvalue weighted by atomic mass is 32.1. The van der Waals surface area contributed by atoms with Crippen LogP contribution < -0.4 is 15.6 Å². The smallest absolute Gasteiger partial charge is 0.265 e. The topological polar surface area (TPSA) is 86.6 Å². The number of aryl methyl sites for hydroxylation is 1. The van der Waals surface area contributed by atoms with E-state index >= 15 is 0 Å². The Balaban J connectivity index is 1.61. The van der Waals surface area contributed by atoms with E-state index in [4.69, 9.17) is 9.47 Å². The molecule has 0 fully saturated rings. The maximum Gasteiger partial charge on any atom is 0.265 e. The van der Waals surface area contributed by atoms with Crippen molar-refractivity contribution in [3.05, 3.63) is 111 Å². The zero-order valence-electron chi connectivity index (χ0n) is 22.4. The van der Waals surface area contributed by atoms with Crippen LogP contribution in [0.5, 0.6) is 5.75 Å². The number of benzene rings is 3. The minimum atomic E-state index is -0.376. The number of fused-ring (bicyclic) bond motifs is 3. The minimum Gasteiger partial charge on any atom is -0.489 e. The summed E-state index contributed by atoms with van der Waals surface area (Å²) in [5, 5.41) is 4.06. The van der Waals surface area contributed by atoms with Gasteiger partial charge in [0.25, 0.3) is 11.5 Å². The predicted molar refractivity (Wildman–Crippen MR) is 159 cm³/mol. The van der Waals surface area contributed by atoms with Crippen LogP contribution >= 0.6 is 11.3 Å². The number of nitrogens with one attached hydrogen (secondary N) is 1. The van der Waals surface area contributed by atoms with E-state index in [-0.39, 0.29) is 36.2 Å². The molecule has 1 N–H and O–H groups in total. The van der Waals surface area contributed by atoms with Crippen LogP contribution in [-0.2, 0) is 17.8 Å². The van der Waals surface area contributed by atoms with Crippen LogP contribution in [0.25, 0.3) is 21.0 Å². The maximum absolute atomic E-state index is 14.1. The Morgan fingerprint density at radius 3 is 2.42 bits per heavy atom. The van der Waals surface area contributed by atoms with Crippen molar-refractivity contribution in [3.8, 4) is 5.75 Å². The SMILES string of the molecule is CCOCCOc1c(C(=O)NCc2ccccc2C)sc2c1c(=O)n(CC(=O)c1ccccc1)c1ccccc21. The lowest BCUT2D eigenvalue weighted by molar-refractivity contribution is 0.0938. The van der Waals surface area contributed by atoms with Crippen molar-refractivity contribution in [1.82, 2.24) is 9.88 Å². The number of pyridine rings is 1. The van der Waals surface area contributed by atoms with Crippen LogP contribution in [0.2, 0.25) is 0 Å². The molecule has 0 aliphatic heterocycles. The molecule has 5 aromatic rings. The Hall–Kier alpha value is -4.27. The van der Waals surface area contributed by atoms with Gasteiger partial charge in [-0.3, -0.25) is 19.0 Å². The number of aromatic nitrogens is 1. The minimum absolute atomic E-state index is 0.137. The number of amides is 1. The van der Waals surface area contributed by atoms with E-state index in [0.29, 0.717) is 45.8 Å². The molecule has 0 bridgehead atoms. The number of ketones is 1. The number of thiophene rings is 1. The van der Waals surface area contributed by atoms with E-state index in [1.807, 2.05) is 68.4 Å². The fourth-order valence-corrected chi connectivity index (χ4v) is 5.85. The van der Waals surface area contributed by atoms with Crippen molar-refractivity contribution in [2.24, 2.45) is 0 Å². The van der Waals surface area contributed by atoms with E-state index in [9.17, 15) is 14.4 Å². The first-order valence-corrected chi connectivity index (χ1v) is 14.0. The number of carbonyl (C=O) groups excluding carboxylic acids is 2. The summed E-state index contributed by atoms with van der Waals surface area (Å²) in [5.74, 6) is -0.289. The highest BCUT2D eigenvalue weighted by molar-refractivity contribution is 7.22. The van der Waals surface area contributed by atoms with Gasteiger partial charge in [0.1, 0.15) is 16.9 Å². The summed E-state index contributed by atoms with van der Waals surface area (Å²) >= 11 is 1.23. The molecule has 1 amide bonds. The summed E-state index contributed by atoms with van der Waals surface area (Å²) in [4.78, 5) is 41.1. The van der Waals surface area contributed by atoms with E-state index in [2.05, 4.69) is 5.32 Å². The van der Waals surface area contributed by atoms with Gasteiger partial charge in [0, 0.05) is 24.1 Å². The molecule has 3 aromatic carbocycles. The Morgan fingerprint density at radius 2 is 1.65 bits per heavy atom. The molecule has 2 heterocycles. The number of carbonyl (C=O) groups is 2. The lowest BCUT2D eigenvalue weighted by Crippen LogP contribution is -2.26. The van der Waals surface area contributed by atoms with Gasteiger partial charge in [0.05, 0.1) is 23.4 Å². The Kier molecular flexibility index (Phi) is 8.38. The van der Waals surface area contributed by atoms with Gasteiger partial charge < -0.3 is 14.8 Å². The zero-order chi connectivity index (χ0) is 28.1. The van der Waals surface area contributed by atoms with Crippen molar-refractivity contribution in [3.63, 3.8) is 0 Å². The Labute approximate surface area is 236 Å². The normalized spacial score (nSPS) is 11.2. The van der Waals surface area contributed by atoms with Gasteiger partial charge in [-0.15, -0.1) is 11.3 Å². The standard InChI is InChI=1S/C32H30N2O5S/c1-3-38-17-18-39-28-27-29(40-30(28)31(36)33-19-23-14-8-7-11-21(23)2)24-15-9-10-16-25(24)34(32(27)37)20-26(35)22-12-5-4-6-13-22/h4-16H,3,17-20H2,1-2H3,(H,33,36). The van der Waals surface area contributed by atoms with Crippen LogP contribution in [0.3, 0.4) is 0 Å². The van der Waals surface area contributed by atoms with Crippen LogP contribution in [0.4, 0.5) is 0 Å². The van der Waals surface area contributed by atoms with Crippen molar-refractivity contribution in [2.45, 2.75) is 26.9 Å². The van der Waals surface area contributed by atoms with Crippen molar-refractivity contribution >= 4 is 44.0 Å². The number of para-hydroxylation sites is 1. The van der Waals surface area contributed by atoms with Crippen molar-refractivity contribution in [2.75, 3.05) is 19.8 Å². The Bertz CT molecular complexity index is 1740. The average molecular weight is 555 g/mol. The van der Waals surface area contributed by atoms with Gasteiger partial charge in [-0.25, -0.2) is 0 Å². The van der Waals surface area contributed by atoms with Gasteiger partial charge >= 0.3 is 0 Å². The van der Waals surface area contributed by atoms with Crippen molar-refractivity contribution in [1.29, 1.82) is 0 Å². The second-order valence-electron chi connectivity index (χ2n) is 9.32. The number of rotatable bonds is 11. The van der Waals surface area contributed by atoms with Crippen LogP contribution in [0, 0.1) is 6.92 Å². The molecular weight excluding hydrogens is 524 g/mol. The second kappa shape index (κ2) is 12.3. The molecule has 0 aliphatic carbocycles. The monoisotopic (exact) mass is 554 g/mol. The average Bonchev–Trinajstić information content (AvgIpc) is 3.37. The third-order valence-electron chi connectivity index (χ3n) is 6.75. The first-order valence-electron chi connectivity index (χ1n) is 13.2. The Morgan fingerprint density at radius 1 is 0.925 bits per heavy atom. The predicted octanol–water partition coefficient (Wildman–Crippen LogP) is 5.75. The lowest BCUT2D eigenvalue weighted by atomic mass is 10.1. The third kappa shape index (κ3) is 5.54. The summed E-state index contributed by atoms with van der Waals surface area (Å²) in [6.45, 7) is 5.10. The zero-order valence-corrected chi connectivity index (χ0v) is 23.3. The molecule has 0 unspecified atom stereocenters. The molecule has 0 saturated carbocycles. The van der Waals surface area contributed by atoms with E-state index in [1.165, 1.54) is 15.9 Å². The van der Waals surface area contributed by atoms with Gasteiger partial charge in [0.15, 0.2) is 11.5 Å². The van der Waals surface area contributed by atoms with Gasteiger partial charge in [-0.2, -0.15) is 0 Å². The van der Waals surface area contributed by atoms with E-state index in [1.54, 1.807) is 24.3 Å². The fourth-order valence-electron chi connectivity index (χ4n) is 4.66. The number of hydrogen-bond donors (Lipinski definition) is 1. The third-order valence-corrected chi connectivity index (χ3v) is 7.95. The molecule has 7 nitrogen and oxygen atoms in total. The first-order chi connectivity index (χ1) is 19.5. The quantitative estimate of drug-likeness (QED) is 0.166. The summed E-state index contributed by atoms with van der Waals surface area (Å²) in [7, 11) is 0. The molecule has 0 spiro atoms. The van der Waals surface area contributed by atoms with Crippen LogP contribution in [0.1, 0.15) is 38.1 Å². The molecule has 0 radical (unpaired) electrons. The van der Waals surface area contributed by atoms with Gasteiger partial charge in [0.2, 0.25) is 0 Å². The maximum atomic E-state index is 14.1. The molecule has 2 aromatic heterocycles. The number of hydrogen-bond acceptors (Lipinski definition) is 6. The number of ether oxygens (including phenoxy) is 2. The van der Waals surface area contributed by atoms with E-state index < -0.39 is 0 Å². The van der Waals surface area contributed by atoms with Gasteiger partial charge in [-0.1, -0.05) is 72.8 Å². The lowest BCUT2D eigenvalue weighted by Gasteiger charge is -2.12. The summed E-state index contributed by atoms with van der Waals surface area (Å²) in [6, 6.07) is 24.2. The van der Waals surface area contributed by atoms with Crippen molar-refractivity contribution < 1.29 is 19.1 Å². The summed E-state index contributed by atoms with van der Waals surface area (Å²) < 4.78 is 13.7. The summed E-state index contributed by atoms with van der Waals surface area (Å²) in [6.07, 6.45) is 0. The van der Waals surface area contributed by atoms with E-state index in [0.717, 1.165) is 16.5 Å². The fraction of sp³-hybridized carbons (Fsp3) is 0.219. The highest BCUT2D eigenvalue weighted by Crippen LogP contribution is 2.40. The molecule has 204 valence electrons. The largest absolute Gasteiger partial charge is 0.489 e. The molecule has 5 rings (SSSR count). The molecule has 0 atom stereocenters. The van der Waals surface area contributed by atoms with Gasteiger partial charge in [-0.05, 0) is 31.0 Å². The molecule has 40 heavy (non-hydrogen) atoms. The molecular formula is C32H30N2O5S. The number of nitrogens with zero attached hydrogens (tertiary/aromatic N) is 1. The number of Topliss-reactive ketones (excluding diaryl/α,β-unsaturated/α-hetero) is 1. The van der Waals surface area contributed by atoms with Crippen LogP contribution in [-0.4, -0.2) is 36.1 Å². The molecule has 0 saturated heterocycles. The highest BCUT2D eigenvalue weighted by Gasteiger charge is 2.26. The molecule has 8 heteroatoms. The second-order valence-corrected chi connectivity index (χ2v) is 10.3. The summed E-state index contributed by atoms with van der Waals surface area (Å²) in [5.41, 5.74) is 2.84. The first kappa shape index (κ1) is 27.3.